The van der Waals surface area contributed by atoms with E-state index in [2.05, 4.69) is 26.1 Å². The summed E-state index contributed by atoms with van der Waals surface area (Å²) in [5.74, 6) is 0.282. The van der Waals surface area contributed by atoms with Crippen LogP contribution in [0.2, 0.25) is 0 Å². The van der Waals surface area contributed by atoms with E-state index in [0.29, 0.717) is 0 Å². The lowest BCUT2D eigenvalue weighted by atomic mass is 9.79. The monoisotopic (exact) mass is 378 g/mol. The predicted octanol–water partition coefficient (Wildman–Crippen LogP) is 2.54. The van der Waals surface area contributed by atoms with Gasteiger partial charge >= 0.3 is 0 Å². The minimum Gasteiger partial charge on any atom is -0.508 e. The van der Waals surface area contributed by atoms with E-state index in [1.165, 1.54) is 0 Å². The van der Waals surface area contributed by atoms with E-state index in [9.17, 15) is 10.2 Å². The number of piperazine rings is 1. The van der Waals surface area contributed by atoms with Crippen molar-refractivity contribution < 1.29 is 10.2 Å². The first-order chi connectivity index (χ1) is 9.45. The second kappa shape index (κ2) is 7.79. The van der Waals surface area contributed by atoms with Crippen molar-refractivity contribution in [3.8, 4) is 5.75 Å². The number of rotatable bonds is 4. The van der Waals surface area contributed by atoms with Crippen LogP contribution in [-0.2, 0) is 0 Å². The van der Waals surface area contributed by atoms with Gasteiger partial charge in [0.25, 0.3) is 0 Å². The van der Waals surface area contributed by atoms with Crippen molar-refractivity contribution in [2.45, 2.75) is 19.9 Å². The Hall–Kier alpha value is -0.330. The quantitative estimate of drug-likeness (QED) is 0.752. The van der Waals surface area contributed by atoms with Gasteiger partial charge in [-0.05, 0) is 12.1 Å². The number of nitrogens with zero attached hydrogens (tertiary/aromatic N) is 1. The van der Waals surface area contributed by atoms with Gasteiger partial charge < -0.3 is 15.5 Å². The molecule has 2 rings (SSSR count). The summed E-state index contributed by atoms with van der Waals surface area (Å²) in [6.07, 6.45) is 0. The zero-order valence-corrected chi connectivity index (χ0v) is 14.9. The summed E-state index contributed by atoms with van der Waals surface area (Å²) >= 11 is 3.38. The van der Waals surface area contributed by atoms with E-state index < -0.39 is 0 Å². The van der Waals surface area contributed by atoms with Gasteiger partial charge in [0, 0.05) is 54.3 Å². The molecule has 0 radical (unpaired) electrons. The highest BCUT2D eigenvalue weighted by molar-refractivity contribution is 9.10. The second-order valence-electron chi connectivity index (χ2n) is 6.04. The van der Waals surface area contributed by atoms with Crippen molar-refractivity contribution in [2.75, 3.05) is 32.8 Å². The van der Waals surface area contributed by atoms with Gasteiger partial charge in [-0.15, -0.1) is 12.4 Å². The Morgan fingerprint density at radius 1 is 1.33 bits per heavy atom. The number of hydrogen-bond donors (Lipinski definition) is 3. The number of nitrogens with one attached hydrogen (secondary N) is 1. The first-order valence-electron chi connectivity index (χ1n) is 7.00. The zero-order valence-electron chi connectivity index (χ0n) is 12.5. The first-order valence-corrected chi connectivity index (χ1v) is 7.79. The lowest BCUT2D eigenvalue weighted by Crippen LogP contribution is -2.49. The van der Waals surface area contributed by atoms with E-state index in [0.717, 1.165) is 36.2 Å². The van der Waals surface area contributed by atoms with E-state index in [1.54, 1.807) is 6.07 Å². The average molecular weight is 380 g/mol. The van der Waals surface area contributed by atoms with Crippen molar-refractivity contribution in [1.29, 1.82) is 0 Å². The number of hydrogen-bond acceptors (Lipinski definition) is 4. The number of aliphatic hydroxyl groups excluding tert-OH is 1. The van der Waals surface area contributed by atoms with Crippen molar-refractivity contribution in [1.82, 2.24) is 10.2 Å². The van der Waals surface area contributed by atoms with Gasteiger partial charge in [-0.25, -0.2) is 0 Å². The Labute approximate surface area is 141 Å². The molecule has 0 spiro atoms. The highest BCUT2D eigenvalue weighted by Crippen LogP contribution is 2.42. The van der Waals surface area contributed by atoms with Crippen LogP contribution in [0.15, 0.2) is 22.7 Å². The van der Waals surface area contributed by atoms with Crippen LogP contribution < -0.4 is 5.32 Å². The molecule has 6 heteroatoms. The van der Waals surface area contributed by atoms with Crippen LogP contribution in [0, 0.1) is 5.41 Å². The minimum atomic E-state index is -0.317. The van der Waals surface area contributed by atoms with Gasteiger partial charge in [-0.3, -0.25) is 4.90 Å². The molecule has 0 aromatic heterocycles. The molecule has 0 unspecified atom stereocenters. The van der Waals surface area contributed by atoms with Crippen LogP contribution in [0.1, 0.15) is 25.5 Å². The molecule has 3 N–H and O–H groups in total. The summed E-state index contributed by atoms with van der Waals surface area (Å²) < 4.78 is 0.861. The zero-order chi connectivity index (χ0) is 14.8. The van der Waals surface area contributed by atoms with Crippen molar-refractivity contribution in [3.05, 3.63) is 28.2 Å². The molecule has 1 atom stereocenters. The third-order valence-corrected chi connectivity index (χ3v) is 4.44. The summed E-state index contributed by atoms with van der Waals surface area (Å²) in [5.41, 5.74) is 0.567. The van der Waals surface area contributed by atoms with Crippen LogP contribution in [0.4, 0.5) is 0 Å². The van der Waals surface area contributed by atoms with Gasteiger partial charge in [-0.1, -0.05) is 35.8 Å². The highest BCUT2D eigenvalue weighted by atomic mass is 79.9. The average Bonchev–Trinajstić information content (AvgIpc) is 2.43. The highest BCUT2D eigenvalue weighted by Gasteiger charge is 2.37. The molecule has 0 aliphatic carbocycles. The van der Waals surface area contributed by atoms with Gasteiger partial charge in [-0.2, -0.15) is 0 Å². The molecule has 0 amide bonds. The fourth-order valence-corrected chi connectivity index (χ4v) is 3.24. The molecule has 1 aliphatic heterocycles. The molecular weight excluding hydrogens is 356 g/mol. The number of halogens is 2. The summed E-state index contributed by atoms with van der Waals surface area (Å²) in [6.45, 7) is 7.89. The molecule has 1 heterocycles. The molecule has 1 saturated heterocycles. The van der Waals surface area contributed by atoms with Gasteiger partial charge in [0.05, 0.1) is 0 Å². The maximum absolute atomic E-state index is 10.3. The third kappa shape index (κ3) is 4.33. The SMILES string of the molecule is CC(C)(CO)[C@@H](c1ccc(Br)cc1O)N1CCNCC1.Cl. The second-order valence-corrected chi connectivity index (χ2v) is 6.95. The minimum absolute atomic E-state index is 0. The Balaban J connectivity index is 0.00000220. The van der Waals surface area contributed by atoms with E-state index in [1.807, 2.05) is 26.0 Å². The summed E-state index contributed by atoms with van der Waals surface area (Å²) in [5, 5.41) is 23.4. The summed E-state index contributed by atoms with van der Waals surface area (Å²) in [4.78, 5) is 2.34. The van der Waals surface area contributed by atoms with Gasteiger partial charge in [0.2, 0.25) is 0 Å². The third-order valence-electron chi connectivity index (χ3n) is 3.95. The Morgan fingerprint density at radius 3 is 2.48 bits per heavy atom. The van der Waals surface area contributed by atoms with Crippen molar-refractivity contribution in [2.24, 2.45) is 5.41 Å². The number of aromatic hydroxyl groups is 1. The molecule has 21 heavy (non-hydrogen) atoms. The molecule has 0 saturated carbocycles. The largest absolute Gasteiger partial charge is 0.508 e. The molecule has 4 nitrogen and oxygen atoms in total. The lowest BCUT2D eigenvalue weighted by Gasteiger charge is -2.43. The van der Waals surface area contributed by atoms with Gasteiger partial charge in [0.15, 0.2) is 0 Å². The molecule has 1 fully saturated rings. The molecule has 120 valence electrons. The van der Waals surface area contributed by atoms with Crippen LogP contribution in [0.25, 0.3) is 0 Å². The molecule has 1 aromatic carbocycles. The van der Waals surface area contributed by atoms with Crippen molar-refractivity contribution in [3.63, 3.8) is 0 Å². The molecule has 1 aromatic rings. The fourth-order valence-electron chi connectivity index (χ4n) is 2.89. The van der Waals surface area contributed by atoms with Crippen LogP contribution in [-0.4, -0.2) is 47.9 Å². The standard InChI is InChI=1S/C15H23BrN2O2.ClH/c1-15(2,10-19)14(18-7-5-17-6-8-18)12-4-3-11(16)9-13(12)20;/h3-4,9,14,17,19-20H,5-8,10H2,1-2H3;1H/t14-;/m1./s1. The number of phenolic OH excluding ortho intramolecular Hbond substituents is 1. The van der Waals surface area contributed by atoms with E-state index >= 15 is 0 Å². The Bertz CT molecular complexity index is 465. The molecule has 1 aliphatic rings. The first kappa shape index (κ1) is 18.7. The van der Waals surface area contributed by atoms with Crippen LogP contribution >= 0.6 is 28.3 Å². The van der Waals surface area contributed by atoms with Crippen molar-refractivity contribution >= 4 is 28.3 Å². The fraction of sp³-hybridized carbons (Fsp3) is 0.600. The number of benzene rings is 1. The lowest BCUT2D eigenvalue weighted by molar-refractivity contribution is 0.0293. The maximum Gasteiger partial charge on any atom is 0.121 e. The summed E-state index contributed by atoms with van der Waals surface area (Å²) in [7, 11) is 0. The van der Waals surface area contributed by atoms with E-state index in [4.69, 9.17) is 0 Å². The molecular formula is C15H24BrClN2O2. The van der Waals surface area contributed by atoms with Crippen LogP contribution in [0.5, 0.6) is 5.75 Å². The Morgan fingerprint density at radius 2 is 1.95 bits per heavy atom. The Kier molecular flexibility index (Phi) is 6.94. The number of phenols is 1. The molecule has 0 bridgehead atoms. The van der Waals surface area contributed by atoms with Crippen LogP contribution in [0.3, 0.4) is 0 Å². The predicted molar refractivity (Wildman–Crippen MR) is 91.1 cm³/mol. The van der Waals surface area contributed by atoms with Gasteiger partial charge in [0.1, 0.15) is 5.75 Å². The van der Waals surface area contributed by atoms with E-state index in [-0.39, 0.29) is 36.2 Å². The number of aliphatic hydroxyl groups is 1. The smallest absolute Gasteiger partial charge is 0.121 e. The maximum atomic E-state index is 10.3. The topological polar surface area (TPSA) is 55.7 Å². The summed E-state index contributed by atoms with van der Waals surface area (Å²) in [6, 6.07) is 5.61. The normalized spacial score (nSPS) is 18.1.